The monoisotopic (exact) mass is 302 g/mol. The number of hydrogen-bond donors (Lipinski definition) is 1. The first-order valence-corrected chi connectivity index (χ1v) is 9.19. The van der Waals surface area contributed by atoms with Gasteiger partial charge < -0.3 is 5.11 Å². The number of Topliss-reactive ketones (excluding diaryl/α,β-unsaturated/α-hetero) is 1. The van der Waals surface area contributed by atoms with E-state index in [0.717, 1.165) is 12.8 Å². The Balaban J connectivity index is 1.81. The maximum atomic E-state index is 13.2. The summed E-state index contributed by atoms with van der Waals surface area (Å²) in [6, 6.07) is 0. The van der Waals surface area contributed by atoms with Crippen LogP contribution in [0.25, 0.3) is 0 Å². The first kappa shape index (κ1) is 14.9. The van der Waals surface area contributed by atoms with E-state index in [2.05, 4.69) is 26.8 Å². The minimum absolute atomic E-state index is 0.0571. The maximum absolute atomic E-state index is 13.2. The Hall–Kier alpha value is -0.630. The van der Waals surface area contributed by atoms with E-state index < -0.39 is 0 Å². The van der Waals surface area contributed by atoms with Crippen LogP contribution >= 0.6 is 0 Å². The third kappa shape index (κ3) is 1.63. The van der Waals surface area contributed by atoms with Gasteiger partial charge in [0.1, 0.15) is 5.78 Å². The van der Waals surface area contributed by atoms with Gasteiger partial charge in [-0.05, 0) is 67.6 Å². The summed E-state index contributed by atoms with van der Waals surface area (Å²) in [6.07, 6.45) is 10.2. The van der Waals surface area contributed by atoms with Gasteiger partial charge >= 0.3 is 0 Å². The number of carbonyl (C=O) groups excluding carboxylic acids is 1. The predicted molar refractivity (Wildman–Crippen MR) is 87.3 cm³/mol. The van der Waals surface area contributed by atoms with Crippen molar-refractivity contribution >= 4 is 5.78 Å². The summed E-state index contributed by atoms with van der Waals surface area (Å²) in [5.74, 6) is 2.02. The van der Waals surface area contributed by atoms with Crippen molar-refractivity contribution in [2.24, 2.45) is 34.0 Å². The van der Waals surface area contributed by atoms with Crippen LogP contribution < -0.4 is 0 Å². The van der Waals surface area contributed by atoms with Gasteiger partial charge in [-0.15, -0.1) is 0 Å². The summed E-state index contributed by atoms with van der Waals surface area (Å²) in [6.45, 7) is 7.15. The number of fused-ring (bicyclic) bond motifs is 3. The molecule has 122 valence electrons. The topological polar surface area (TPSA) is 37.3 Å². The lowest BCUT2D eigenvalue weighted by Gasteiger charge is -2.63. The van der Waals surface area contributed by atoms with Crippen LogP contribution in [0.4, 0.5) is 0 Å². The Bertz CT molecular complexity index is 550. The molecule has 1 spiro atoms. The Morgan fingerprint density at radius 3 is 2.73 bits per heavy atom. The fourth-order valence-corrected chi connectivity index (χ4v) is 7.14. The highest BCUT2D eigenvalue weighted by Gasteiger charge is 2.65. The number of aliphatic hydroxyl groups is 1. The summed E-state index contributed by atoms with van der Waals surface area (Å²) in [5, 5.41) is 10.0. The second-order valence-electron chi connectivity index (χ2n) is 9.31. The van der Waals surface area contributed by atoms with Gasteiger partial charge in [-0.1, -0.05) is 31.9 Å². The van der Waals surface area contributed by atoms with Crippen LogP contribution in [0.5, 0.6) is 0 Å². The van der Waals surface area contributed by atoms with E-state index in [0.29, 0.717) is 30.0 Å². The molecule has 2 heteroatoms. The van der Waals surface area contributed by atoms with Gasteiger partial charge in [0.15, 0.2) is 0 Å². The van der Waals surface area contributed by atoms with E-state index in [1.807, 2.05) is 0 Å². The van der Waals surface area contributed by atoms with Gasteiger partial charge in [0.25, 0.3) is 0 Å². The molecule has 0 aromatic heterocycles. The molecule has 0 aromatic carbocycles. The molecule has 0 aliphatic heterocycles. The predicted octanol–water partition coefficient (Wildman–Crippen LogP) is 4.13. The molecule has 22 heavy (non-hydrogen) atoms. The average Bonchev–Trinajstić information content (AvgIpc) is 2.73. The first-order chi connectivity index (χ1) is 10.4. The van der Waals surface area contributed by atoms with E-state index in [9.17, 15) is 9.90 Å². The minimum Gasteiger partial charge on any atom is -0.396 e. The molecule has 0 aromatic rings. The molecule has 3 saturated carbocycles. The SMILES string of the molecule is CC1=C[C@]23C[C@H]1CC[C@H]2[C@]1(C)CCC[C@](C)(CO)[C@H]1CC3=O. The molecular formula is C20H30O2. The van der Waals surface area contributed by atoms with Gasteiger partial charge in [-0.2, -0.15) is 0 Å². The molecule has 4 aliphatic rings. The molecular weight excluding hydrogens is 272 g/mol. The van der Waals surface area contributed by atoms with Crippen LogP contribution in [-0.2, 0) is 4.79 Å². The van der Waals surface area contributed by atoms with Gasteiger partial charge in [-0.3, -0.25) is 4.79 Å². The maximum Gasteiger partial charge on any atom is 0.143 e. The molecule has 4 rings (SSSR count). The normalized spacial score (nSPS) is 53.7. The second kappa shape index (κ2) is 4.47. The molecule has 0 unspecified atom stereocenters. The largest absolute Gasteiger partial charge is 0.396 e. The average molecular weight is 302 g/mol. The van der Waals surface area contributed by atoms with Gasteiger partial charge in [-0.25, -0.2) is 0 Å². The lowest BCUT2D eigenvalue weighted by molar-refractivity contribution is -0.170. The number of aliphatic hydroxyl groups excluding tert-OH is 1. The molecule has 2 nitrogen and oxygen atoms in total. The molecule has 2 bridgehead atoms. The van der Waals surface area contributed by atoms with Gasteiger partial charge in [0, 0.05) is 13.0 Å². The summed E-state index contributed by atoms with van der Waals surface area (Å²) in [4.78, 5) is 13.2. The van der Waals surface area contributed by atoms with E-state index in [-0.39, 0.29) is 22.9 Å². The Kier molecular flexibility index (Phi) is 3.03. The number of hydrogen-bond acceptors (Lipinski definition) is 2. The van der Waals surface area contributed by atoms with E-state index in [1.54, 1.807) is 0 Å². The Morgan fingerprint density at radius 1 is 1.23 bits per heavy atom. The number of ketones is 1. The highest BCUT2D eigenvalue weighted by molar-refractivity contribution is 5.89. The third-order valence-corrected chi connectivity index (χ3v) is 8.31. The number of allylic oxidation sites excluding steroid dienone is 2. The van der Waals surface area contributed by atoms with E-state index in [4.69, 9.17) is 0 Å². The van der Waals surface area contributed by atoms with Crippen molar-refractivity contribution in [1.29, 1.82) is 0 Å². The van der Waals surface area contributed by atoms with Gasteiger partial charge in [0.2, 0.25) is 0 Å². The highest BCUT2D eigenvalue weighted by atomic mass is 16.3. The Labute approximate surface area is 134 Å². The quantitative estimate of drug-likeness (QED) is 0.740. The van der Waals surface area contributed by atoms with Crippen LogP contribution in [0, 0.1) is 34.0 Å². The van der Waals surface area contributed by atoms with Crippen LogP contribution in [0.1, 0.15) is 65.7 Å². The van der Waals surface area contributed by atoms with Crippen molar-refractivity contribution in [2.45, 2.75) is 65.7 Å². The van der Waals surface area contributed by atoms with Crippen molar-refractivity contribution in [3.8, 4) is 0 Å². The molecule has 3 fully saturated rings. The van der Waals surface area contributed by atoms with Crippen molar-refractivity contribution in [3.05, 3.63) is 11.6 Å². The zero-order valence-corrected chi connectivity index (χ0v) is 14.3. The van der Waals surface area contributed by atoms with E-state index in [1.165, 1.54) is 31.3 Å². The van der Waals surface area contributed by atoms with Crippen LogP contribution in [-0.4, -0.2) is 17.5 Å². The van der Waals surface area contributed by atoms with Crippen LogP contribution in [0.3, 0.4) is 0 Å². The van der Waals surface area contributed by atoms with Crippen molar-refractivity contribution in [1.82, 2.24) is 0 Å². The first-order valence-electron chi connectivity index (χ1n) is 9.19. The smallest absolute Gasteiger partial charge is 0.143 e. The second-order valence-corrected chi connectivity index (χ2v) is 9.31. The van der Waals surface area contributed by atoms with Crippen molar-refractivity contribution < 1.29 is 9.90 Å². The fourth-order valence-electron chi connectivity index (χ4n) is 7.14. The molecule has 0 heterocycles. The zero-order chi connectivity index (χ0) is 15.8. The van der Waals surface area contributed by atoms with Crippen LogP contribution in [0.2, 0.25) is 0 Å². The van der Waals surface area contributed by atoms with Crippen molar-refractivity contribution in [2.75, 3.05) is 6.61 Å². The van der Waals surface area contributed by atoms with E-state index >= 15 is 0 Å². The minimum atomic E-state index is -0.147. The molecule has 1 N–H and O–H groups in total. The lowest BCUT2D eigenvalue weighted by Crippen LogP contribution is -2.60. The third-order valence-electron chi connectivity index (χ3n) is 8.31. The van der Waals surface area contributed by atoms with Crippen LogP contribution in [0.15, 0.2) is 11.6 Å². The zero-order valence-electron chi connectivity index (χ0n) is 14.3. The summed E-state index contributed by atoms with van der Waals surface area (Å²) >= 11 is 0. The number of carbonyl (C=O) groups is 1. The summed E-state index contributed by atoms with van der Waals surface area (Å²) in [5.41, 5.74) is 1.50. The molecule has 6 atom stereocenters. The molecule has 4 aliphatic carbocycles. The molecule has 0 radical (unpaired) electrons. The highest BCUT2D eigenvalue weighted by Crippen LogP contribution is 2.69. The lowest BCUT2D eigenvalue weighted by atomic mass is 9.40. The molecule has 0 saturated heterocycles. The standard InChI is InChI=1S/C20H30O2/c1-13-10-20-11-14(13)5-6-15(20)19(3)8-4-7-18(2,12-21)16(19)9-17(20)22/h10,14-16,21H,4-9,11-12H2,1-3H3/t14-,15+,16-,18-,19+,20+/m1/s1. The summed E-state index contributed by atoms with van der Waals surface area (Å²) in [7, 11) is 0. The van der Waals surface area contributed by atoms with Crippen molar-refractivity contribution in [3.63, 3.8) is 0 Å². The molecule has 0 amide bonds. The summed E-state index contributed by atoms with van der Waals surface area (Å²) < 4.78 is 0. The number of rotatable bonds is 1. The fraction of sp³-hybridized carbons (Fsp3) is 0.850. The Morgan fingerprint density at radius 2 is 2.00 bits per heavy atom. The van der Waals surface area contributed by atoms with Gasteiger partial charge in [0.05, 0.1) is 5.41 Å².